The fourth-order valence-corrected chi connectivity index (χ4v) is 5.33. The number of halogens is 1. The molecule has 0 bridgehead atoms. The second-order valence-electron chi connectivity index (χ2n) is 7.70. The van der Waals surface area contributed by atoms with E-state index in [0.717, 1.165) is 24.7 Å². The van der Waals surface area contributed by atoms with E-state index in [2.05, 4.69) is 29.2 Å². The Bertz CT molecular complexity index is 1020. The van der Waals surface area contributed by atoms with Crippen molar-refractivity contribution in [1.29, 1.82) is 0 Å². The van der Waals surface area contributed by atoms with Gasteiger partial charge in [0.15, 0.2) is 0 Å². The number of carbonyl (C=O) groups excluding carboxylic acids is 1. The molecule has 0 unspecified atom stereocenters. The summed E-state index contributed by atoms with van der Waals surface area (Å²) in [5.74, 6) is -1.18. The van der Waals surface area contributed by atoms with Crippen LogP contribution in [0.5, 0.6) is 0 Å². The predicted molar refractivity (Wildman–Crippen MR) is 120 cm³/mol. The van der Waals surface area contributed by atoms with E-state index in [9.17, 15) is 17.6 Å². The summed E-state index contributed by atoms with van der Waals surface area (Å²) in [6, 6.07) is 11.7. The minimum absolute atomic E-state index is 0.0583. The highest BCUT2D eigenvalue weighted by molar-refractivity contribution is 7.89. The highest BCUT2D eigenvalue weighted by atomic mass is 32.2. The molecule has 0 atom stereocenters. The van der Waals surface area contributed by atoms with Crippen LogP contribution in [0.4, 0.5) is 10.1 Å². The molecule has 31 heavy (non-hydrogen) atoms. The minimum Gasteiger partial charge on any atom is -0.370 e. The molecular weight excluding hydrogens is 417 g/mol. The Balaban J connectivity index is 1.80. The number of sulfonamides is 1. The first-order chi connectivity index (χ1) is 14.8. The first-order valence-electron chi connectivity index (χ1n) is 10.7. The summed E-state index contributed by atoms with van der Waals surface area (Å²) in [5.41, 5.74) is 2.08. The lowest BCUT2D eigenvalue weighted by molar-refractivity contribution is 0.0762. The lowest BCUT2D eigenvalue weighted by atomic mass is 10.2. The van der Waals surface area contributed by atoms with Gasteiger partial charge in [0, 0.05) is 45.0 Å². The van der Waals surface area contributed by atoms with Crippen molar-refractivity contribution in [2.45, 2.75) is 32.1 Å². The van der Waals surface area contributed by atoms with Crippen LogP contribution in [0.1, 0.15) is 36.2 Å². The van der Waals surface area contributed by atoms with Crippen LogP contribution >= 0.6 is 0 Å². The largest absolute Gasteiger partial charge is 0.370 e. The molecule has 1 heterocycles. The highest BCUT2D eigenvalue weighted by Gasteiger charge is 2.27. The Morgan fingerprint density at radius 2 is 1.68 bits per heavy atom. The van der Waals surface area contributed by atoms with E-state index in [0.29, 0.717) is 32.7 Å². The number of carbonyl (C=O) groups is 1. The molecular formula is C23H30FN3O3S. The maximum absolute atomic E-state index is 14.5. The molecule has 0 N–H and O–H groups in total. The third kappa shape index (κ3) is 5.07. The smallest absolute Gasteiger partial charge is 0.256 e. The van der Waals surface area contributed by atoms with Gasteiger partial charge in [-0.25, -0.2) is 12.8 Å². The van der Waals surface area contributed by atoms with Gasteiger partial charge < -0.3 is 9.80 Å². The monoisotopic (exact) mass is 447 g/mol. The van der Waals surface area contributed by atoms with Crippen LogP contribution in [-0.4, -0.2) is 62.8 Å². The number of amides is 1. The standard InChI is InChI=1S/C23H30FN3O3S/c1-4-27(5-2)31(29,30)20-11-12-22(24)21(17-20)23(28)26-14-6-13-25(15-16-26)19-9-7-18(3)8-10-19/h7-12,17H,4-6,13-16H2,1-3H3. The summed E-state index contributed by atoms with van der Waals surface area (Å²) < 4.78 is 41.4. The molecule has 3 rings (SSSR count). The molecule has 2 aromatic carbocycles. The Hall–Kier alpha value is -2.45. The quantitative estimate of drug-likeness (QED) is 0.680. The molecule has 1 saturated heterocycles. The number of aryl methyl sites for hydroxylation is 1. The van der Waals surface area contributed by atoms with E-state index in [1.54, 1.807) is 18.7 Å². The molecule has 0 aromatic heterocycles. The van der Waals surface area contributed by atoms with E-state index in [-0.39, 0.29) is 10.5 Å². The van der Waals surface area contributed by atoms with E-state index < -0.39 is 21.7 Å². The van der Waals surface area contributed by atoms with Crippen LogP contribution in [0.15, 0.2) is 47.4 Å². The van der Waals surface area contributed by atoms with Gasteiger partial charge >= 0.3 is 0 Å². The Kier molecular flexibility index (Phi) is 7.33. The zero-order chi connectivity index (χ0) is 22.6. The Morgan fingerprint density at radius 1 is 1.00 bits per heavy atom. The van der Waals surface area contributed by atoms with Gasteiger partial charge in [0.2, 0.25) is 10.0 Å². The fourth-order valence-electron chi connectivity index (χ4n) is 3.85. The third-order valence-electron chi connectivity index (χ3n) is 5.69. The van der Waals surface area contributed by atoms with Crippen LogP contribution in [0.2, 0.25) is 0 Å². The van der Waals surface area contributed by atoms with Crippen LogP contribution < -0.4 is 4.90 Å². The van der Waals surface area contributed by atoms with Crippen molar-refractivity contribution in [2.75, 3.05) is 44.2 Å². The van der Waals surface area contributed by atoms with Crippen molar-refractivity contribution in [3.8, 4) is 0 Å². The number of hydrogen-bond acceptors (Lipinski definition) is 4. The SMILES string of the molecule is CCN(CC)S(=O)(=O)c1ccc(F)c(C(=O)N2CCCN(c3ccc(C)cc3)CC2)c1. The maximum atomic E-state index is 14.5. The van der Waals surface area contributed by atoms with Crippen molar-refractivity contribution in [1.82, 2.24) is 9.21 Å². The Labute approximate surface area is 184 Å². The molecule has 0 radical (unpaired) electrons. The highest BCUT2D eigenvalue weighted by Crippen LogP contribution is 2.22. The summed E-state index contributed by atoms with van der Waals surface area (Å²) in [5, 5.41) is 0. The van der Waals surface area contributed by atoms with Crippen LogP contribution in [0.25, 0.3) is 0 Å². The second-order valence-corrected chi connectivity index (χ2v) is 9.64. The normalized spacial score (nSPS) is 15.3. The summed E-state index contributed by atoms with van der Waals surface area (Å²) >= 11 is 0. The van der Waals surface area contributed by atoms with Crippen molar-refractivity contribution in [3.05, 3.63) is 59.4 Å². The Morgan fingerprint density at radius 3 is 2.32 bits per heavy atom. The van der Waals surface area contributed by atoms with Gasteiger partial charge in [-0.2, -0.15) is 4.31 Å². The van der Waals surface area contributed by atoms with Crippen molar-refractivity contribution in [3.63, 3.8) is 0 Å². The predicted octanol–water partition coefficient (Wildman–Crippen LogP) is 3.52. The molecule has 0 spiro atoms. The zero-order valence-electron chi connectivity index (χ0n) is 18.3. The first-order valence-corrected chi connectivity index (χ1v) is 12.1. The van der Waals surface area contributed by atoms with Gasteiger partial charge in [0.1, 0.15) is 5.82 Å². The summed E-state index contributed by atoms with van der Waals surface area (Å²) in [6.07, 6.45) is 0.749. The molecule has 0 saturated carbocycles. The van der Waals surface area contributed by atoms with Crippen molar-refractivity contribution in [2.24, 2.45) is 0 Å². The molecule has 1 aliphatic rings. The first kappa shape index (κ1) is 23.2. The van der Waals surface area contributed by atoms with Crippen molar-refractivity contribution >= 4 is 21.6 Å². The van der Waals surface area contributed by atoms with Gasteiger partial charge in [0.25, 0.3) is 5.91 Å². The third-order valence-corrected chi connectivity index (χ3v) is 7.74. The number of rotatable bonds is 6. The topological polar surface area (TPSA) is 60.9 Å². The number of anilines is 1. The molecule has 1 fully saturated rings. The van der Waals surface area contributed by atoms with E-state index in [1.807, 2.05) is 6.92 Å². The van der Waals surface area contributed by atoms with Crippen molar-refractivity contribution < 1.29 is 17.6 Å². The van der Waals surface area contributed by atoms with E-state index in [4.69, 9.17) is 0 Å². The fraction of sp³-hybridized carbons (Fsp3) is 0.435. The summed E-state index contributed by atoms with van der Waals surface area (Å²) in [4.78, 5) is 16.9. The molecule has 2 aromatic rings. The van der Waals surface area contributed by atoms with Crippen LogP contribution in [0.3, 0.4) is 0 Å². The van der Waals surface area contributed by atoms with Gasteiger partial charge in [-0.3, -0.25) is 4.79 Å². The summed E-state index contributed by atoms with van der Waals surface area (Å²) in [7, 11) is -3.77. The maximum Gasteiger partial charge on any atom is 0.256 e. The van der Waals surface area contributed by atoms with E-state index >= 15 is 0 Å². The van der Waals surface area contributed by atoms with Crippen LogP contribution in [-0.2, 0) is 10.0 Å². The van der Waals surface area contributed by atoms with Gasteiger partial charge in [-0.05, 0) is 43.7 Å². The minimum atomic E-state index is -3.77. The molecule has 8 heteroatoms. The molecule has 1 aliphatic heterocycles. The lowest BCUT2D eigenvalue weighted by Crippen LogP contribution is -2.36. The number of hydrogen-bond donors (Lipinski definition) is 0. The average molecular weight is 448 g/mol. The zero-order valence-corrected chi connectivity index (χ0v) is 19.2. The molecule has 6 nitrogen and oxygen atoms in total. The van der Waals surface area contributed by atoms with Gasteiger partial charge in [0.05, 0.1) is 10.5 Å². The van der Waals surface area contributed by atoms with E-state index in [1.165, 1.54) is 22.0 Å². The average Bonchev–Trinajstić information content (AvgIpc) is 3.01. The molecule has 1 amide bonds. The number of benzene rings is 2. The second kappa shape index (κ2) is 9.78. The number of nitrogens with zero attached hydrogens (tertiary/aromatic N) is 3. The van der Waals surface area contributed by atoms with Gasteiger partial charge in [-0.15, -0.1) is 0 Å². The molecule has 0 aliphatic carbocycles. The van der Waals surface area contributed by atoms with Gasteiger partial charge in [-0.1, -0.05) is 31.5 Å². The lowest BCUT2D eigenvalue weighted by Gasteiger charge is -2.24. The summed E-state index contributed by atoms with van der Waals surface area (Å²) in [6.45, 7) is 8.50. The van der Waals surface area contributed by atoms with Crippen LogP contribution in [0, 0.1) is 12.7 Å². The molecule has 168 valence electrons.